The molecule has 0 saturated carbocycles. The number of rotatable bonds is 3. The molecule has 2 N–H and O–H groups in total. The molecule has 0 aliphatic carbocycles. The molecule has 0 aliphatic rings. The summed E-state index contributed by atoms with van der Waals surface area (Å²) in [5.41, 5.74) is 8.13. The molecule has 15 heavy (non-hydrogen) atoms. The summed E-state index contributed by atoms with van der Waals surface area (Å²) in [6, 6.07) is 12.1. The van der Waals surface area contributed by atoms with E-state index in [1.807, 2.05) is 28.9 Å². The molecule has 1 aromatic heterocycles. The maximum Gasteiger partial charge on any atom is 0.122 e. The molecule has 78 valence electrons. The van der Waals surface area contributed by atoms with Crippen molar-refractivity contribution in [2.75, 3.05) is 5.73 Å². The van der Waals surface area contributed by atoms with E-state index in [1.54, 1.807) is 0 Å². The van der Waals surface area contributed by atoms with E-state index in [-0.39, 0.29) is 0 Å². The average Bonchev–Trinajstić information content (AvgIpc) is 2.61. The summed E-state index contributed by atoms with van der Waals surface area (Å²) in [6.45, 7) is 2.82. The fraction of sp³-hybridized carbons (Fsp3) is 0.250. The first kappa shape index (κ1) is 9.77. The van der Waals surface area contributed by atoms with Crippen LogP contribution in [0.3, 0.4) is 0 Å². The molecule has 1 aromatic carbocycles. The largest absolute Gasteiger partial charge is 0.384 e. The highest BCUT2D eigenvalue weighted by Gasteiger charge is 2.03. The molecule has 0 fully saturated rings. The summed E-state index contributed by atoms with van der Waals surface area (Å²) in [4.78, 5) is 0. The third-order valence-corrected chi connectivity index (χ3v) is 2.40. The molecule has 0 radical (unpaired) electrons. The monoisotopic (exact) mass is 201 g/mol. The number of nitrogen functional groups attached to an aromatic ring is 1. The van der Waals surface area contributed by atoms with Gasteiger partial charge in [0, 0.05) is 6.07 Å². The highest BCUT2D eigenvalue weighted by molar-refractivity contribution is 5.32. The average molecular weight is 201 g/mol. The van der Waals surface area contributed by atoms with Crippen molar-refractivity contribution >= 4 is 5.82 Å². The SMILES string of the molecule is CCc1cc(N)n(Cc2ccccc2)n1. The predicted molar refractivity (Wildman–Crippen MR) is 61.6 cm³/mol. The zero-order valence-electron chi connectivity index (χ0n) is 8.85. The van der Waals surface area contributed by atoms with E-state index in [2.05, 4.69) is 24.2 Å². The van der Waals surface area contributed by atoms with Crippen molar-refractivity contribution in [2.45, 2.75) is 19.9 Å². The Kier molecular flexibility index (Phi) is 2.72. The van der Waals surface area contributed by atoms with E-state index in [0.29, 0.717) is 0 Å². The van der Waals surface area contributed by atoms with Crippen molar-refractivity contribution in [3.63, 3.8) is 0 Å². The van der Waals surface area contributed by atoms with Crippen LogP contribution in [0.2, 0.25) is 0 Å². The summed E-state index contributed by atoms with van der Waals surface area (Å²) in [5.74, 6) is 0.732. The van der Waals surface area contributed by atoms with Crippen LogP contribution in [0.5, 0.6) is 0 Å². The number of aryl methyl sites for hydroxylation is 1. The zero-order chi connectivity index (χ0) is 10.7. The van der Waals surface area contributed by atoms with Crippen molar-refractivity contribution in [3.8, 4) is 0 Å². The molecule has 3 nitrogen and oxygen atoms in total. The van der Waals surface area contributed by atoms with E-state index in [9.17, 15) is 0 Å². The Morgan fingerprint density at radius 3 is 2.60 bits per heavy atom. The highest BCUT2D eigenvalue weighted by atomic mass is 15.3. The third kappa shape index (κ3) is 2.18. The fourth-order valence-electron chi connectivity index (χ4n) is 1.54. The van der Waals surface area contributed by atoms with Crippen molar-refractivity contribution < 1.29 is 0 Å². The number of aromatic nitrogens is 2. The van der Waals surface area contributed by atoms with Crippen LogP contribution >= 0.6 is 0 Å². The lowest BCUT2D eigenvalue weighted by Crippen LogP contribution is -2.05. The van der Waals surface area contributed by atoms with Crippen molar-refractivity contribution in [1.29, 1.82) is 0 Å². The van der Waals surface area contributed by atoms with Gasteiger partial charge in [-0.05, 0) is 12.0 Å². The quantitative estimate of drug-likeness (QED) is 0.826. The normalized spacial score (nSPS) is 10.5. The molecular formula is C12H15N3. The summed E-state index contributed by atoms with van der Waals surface area (Å²) in [7, 11) is 0. The standard InChI is InChI=1S/C12H15N3/c1-2-11-8-12(13)15(14-11)9-10-6-4-3-5-7-10/h3-8H,2,9,13H2,1H3. The Hall–Kier alpha value is -1.77. The topological polar surface area (TPSA) is 43.8 Å². The highest BCUT2D eigenvalue weighted by Crippen LogP contribution is 2.10. The second-order valence-electron chi connectivity index (χ2n) is 3.56. The number of nitrogens with two attached hydrogens (primary N) is 1. The fourth-order valence-corrected chi connectivity index (χ4v) is 1.54. The summed E-state index contributed by atoms with van der Waals surface area (Å²) in [5, 5.41) is 4.42. The van der Waals surface area contributed by atoms with Gasteiger partial charge in [0.15, 0.2) is 0 Å². The summed E-state index contributed by atoms with van der Waals surface area (Å²) in [6.07, 6.45) is 0.923. The molecular weight excluding hydrogens is 186 g/mol. The van der Waals surface area contributed by atoms with Gasteiger partial charge in [-0.1, -0.05) is 37.3 Å². The number of hydrogen-bond acceptors (Lipinski definition) is 2. The van der Waals surface area contributed by atoms with Crippen LogP contribution in [0.25, 0.3) is 0 Å². The van der Waals surface area contributed by atoms with Crippen LogP contribution in [0.4, 0.5) is 5.82 Å². The molecule has 0 spiro atoms. The van der Waals surface area contributed by atoms with Gasteiger partial charge in [-0.2, -0.15) is 5.10 Å². The van der Waals surface area contributed by atoms with Crippen molar-refractivity contribution in [2.24, 2.45) is 0 Å². The second kappa shape index (κ2) is 4.17. The Bertz CT molecular complexity index is 431. The molecule has 0 aliphatic heterocycles. The van der Waals surface area contributed by atoms with Gasteiger partial charge in [-0.15, -0.1) is 0 Å². The lowest BCUT2D eigenvalue weighted by molar-refractivity contribution is 0.683. The van der Waals surface area contributed by atoms with Crippen molar-refractivity contribution in [1.82, 2.24) is 9.78 Å². The van der Waals surface area contributed by atoms with Gasteiger partial charge in [-0.25, -0.2) is 4.68 Å². The summed E-state index contributed by atoms with van der Waals surface area (Å²) < 4.78 is 1.84. The van der Waals surface area contributed by atoms with E-state index in [4.69, 9.17) is 5.73 Å². The van der Waals surface area contributed by atoms with Crippen LogP contribution in [-0.2, 0) is 13.0 Å². The van der Waals surface area contributed by atoms with Crippen molar-refractivity contribution in [3.05, 3.63) is 47.7 Å². The van der Waals surface area contributed by atoms with Crippen LogP contribution in [-0.4, -0.2) is 9.78 Å². The molecule has 0 atom stereocenters. The van der Waals surface area contributed by atoms with Gasteiger partial charge in [0.05, 0.1) is 12.2 Å². The Balaban J connectivity index is 2.21. The maximum atomic E-state index is 5.87. The zero-order valence-corrected chi connectivity index (χ0v) is 8.85. The van der Waals surface area contributed by atoms with Gasteiger partial charge < -0.3 is 5.73 Å². The van der Waals surface area contributed by atoms with Crippen LogP contribution < -0.4 is 5.73 Å². The van der Waals surface area contributed by atoms with Crippen LogP contribution in [0, 0.1) is 0 Å². The first-order chi connectivity index (χ1) is 7.29. The van der Waals surface area contributed by atoms with E-state index in [1.165, 1.54) is 5.56 Å². The lowest BCUT2D eigenvalue weighted by Gasteiger charge is -2.03. The third-order valence-electron chi connectivity index (χ3n) is 2.40. The molecule has 2 rings (SSSR count). The Labute approximate surface area is 89.5 Å². The first-order valence-corrected chi connectivity index (χ1v) is 5.15. The first-order valence-electron chi connectivity index (χ1n) is 5.15. The second-order valence-corrected chi connectivity index (χ2v) is 3.56. The van der Waals surface area contributed by atoms with Gasteiger partial charge in [-0.3, -0.25) is 0 Å². The van der Waals surface area contributed by atoms with E-state index in [0.717, 1.165) is 24.5 Å². The molecule has 2 aromatic rings. The van der Waals surface area contributed by atoms with Gasteiger partial charge in [0.1, 0.15) is 5.82 Å². The number of nitrogens with zero attached hydrogens (tertiary/aromatic N) is 2. The lowest BCUT2D eigenvalue weighted by atomic mass is 10.2. The molecule has 0 saturated heterocycles. The van der Waals surface area contributed by atoms with Gasteiger partial charge in [0.2, 0.25) is 0 Å². The molecule has 0 amide bonds. The molecule has 3 heteroatoms. The van der Waals surface area contributed by atoms with Gasteiger partial charge >= 0.3 is 0 Å². The number of benzene rings is 1. The minimum Gasteiger partial charge on any atom is -0.384 e. The molecule has 1 heterocycles. The Morgan fingerprint density at radius 2 is 2.00 bits per heavy atom. The smallest absolute Gasteiger partial charge is 0.122 e. The molecule has 0 bridgehead atoms. The predicted octanol–water partition coefficient (Wildman–Crippen LogP) is 2.08. The minimum atomic E-state index is 0.732. The van der Waals surface area contributed by atoms with E-state index >= 15 is 0 Å². The van der Waals surface area contributed by atoms with Crippen LogP contribution in [0.15, 0.2) is 36.4 Å². The minimum absolute atomic E-state index is 0.732. The Morgan fingerprint density at radius 1 is 1.27 bits per heavy atom. The van der Waals surface area contributed by atoms with Crippen LogP contribution in [0.1, 0.15) is 18.2 Å². The number of anilines is 1. The maximum absolute atomic E-state index is 5.87. The number of hydrogen-bond donors (Lipinski definition) is 1. The van der Waals surface area contributed by atoms with Gasteiger partial charge in [0.25, 0.3) is 0 Å². The summed E-state index contributed by atoms with van der Waals surface area (Å²) >= 11 is 0. The molecule has 0 unspecified atom stereocenters. The van der Waals surface area contributed by atoms with E-state index < -0.39 is 0 Å².